The van der Waals surface area contributed by atoms with E-state index < -0.39 is 0 Å². The zero-order valence-electron chi connectivity index (χ0n) is 17.9. The third-order valence-electron chi connectivity index (χ3n) is 7.10. The van der Waals surface area contributed by atoms with Crippen molar-refractivity contribution in [2.75, 3.05) is 0 Å². The topological polar surface area (TPSA) is 17.1 Å². The molecule has 0 N–H and O–H groups in total. The maximum absolute atomic E-state index is 13.3. The maximum atomic E-state index is 13.3. The molecule has 0 saturated heterocycles. The Hall–Kier alpha value is -1.89. The summed E-state index contributed by atoms with van der Waals surface area (Å²) in [6.07, 6.45) is 6.60. The molecule has 2 aliphatic carbocycles. The molecule has 0 aromatic heterocycles. The van der Waals surface area contributed by atoms with Gasteiger partial charge in [0.2, 0.25) is 0 Å². The summed E-state index contributed by atoms with van der Waals surface area (Å²) in [5.41, 5.74) is 8.34. The van der Waals surface area contributed by atoms with Gasteiger partial charge in [-0.25, -0.2) is 0 Å². The fourth-order valence-electron chi connectivity index (χ4n) is 5.40. The molecule has 0 heterocycles. The molecule has 2 fully saturated rings. The molecule has 0 amide bonds. The lowest BCUT2D eigenvalue weighted by Crippen LogP contribution is -2.16. The van der Waals surface area contributed by atoms with Crippen LogP contribution in [0.5, 0.6) is 0 Å². The molecule has 1 nitrogen and oxygen atoms in total. The van der Waals surface area contributed by atoms with Crippen LogP contribution in [0.3, 0.4) is 0 Å². The largest absolute Gasteiger partial charge is 0.300 e. The zero-order valence-corrected chi connectivity index (χ0v) is 17.9. The van der Waals surface area contributed by atoms with Crippen LogP contribution in [0.1, 0.15) is 83.7 Å². The van der Waals surface area contributed by atoms with Crippen molar-refractivity contribution in [3.05, 3.63) is 69.8 Å². The third kappa shape index (κ3) is 4.09. The minimum absolute atomic E-state index is 0.423. The first-order valence-corrected chi connectivity index (χ1v) is 11.1. The second kappa shape index (κ2) is 7.85. The van der Waals surface area contributed by atoms with Gasteiger partial charge >= 0.3 is 0 Å². The molecule has 2 aliphatic rings. The van der Waals surface area contributed by atoms with Gasteiger partial charge in [0.05, 0.1) is 0 Å². The van der Waals surface area contributed by atoms with Gasteiger partial charge in [-0.3, -0.25) is 4.79 Å². The lowest BCUT2D eigenvalue weighted by Gasteiger charge is -2.24. The summed E-state index contributed by atoms with van der Waals surface area (Å²) in [7, 11) is 0. The fraction of sp³-hybridized carbons (Fsp3) is 0.519. The molecular weight excluding hydrogens is 340 g/mol. The lowest BCUT2D eigenvalue weighted by molar-refractivity contribution is -0.120. The molecule has 1 heteroatoms. The number of ketones is 1. The van der Waals surface area contributed by atoms with Gasteiger partial charge in [0, 0.05) is 12.8 Å². The smallest absolute Gasteiger partial charge is 0.134 e. The van der Waals surface area contributed by atoms with Crippen LogP contribution in [0.25, 0.3) is 0 Å². The van der Waals surface area contributed by atoms with Crippen molar-refractivity contribution in [1.82, 2.24) is 0 Å². The van der Waals surface area contributed by atoms with E-state index in [-0.39, 0.29) is 0 Å². The molecule has 148 valence electrons. The van der Waals surface area contributed by atoms with Gasteiger partial charge in [-0.1, -0.05) is 36.4 Å². The van der Waals surface area contributed by atoms with Crippen molar-refractivity contribution in [2.45, 2.75) is 78.1 Å². The molecule has 2 aromatic carbocycles. The molecule has 4 rings (SSSR count). The van der Waals surface area contributed by atoms with E-state index >= 15 is 0 Å². The molecule has 0 spiro atoms. The second-order valence-corrected chi connectivity index (χ2v) is 9.45. The van der Waals surface area contributed by atoms with E-state index in [1.165, 1.54) is 59.1 Å². The number of benzene rings is 2. The van der Waals surface area contributed by atoms with Crippen LogP contribution < -0.4 is 0 Å². The molecule has 0 bridgehead atoms. The maximum Gasteiger partial charge on any atom is 0.134 e. The molecule has 2 saturated carbocycles. The van der Waals surface area contributed by atoms with Crippen LogP contribution >= 0.6 is 0 Å². The average molecular weight is 375 g/mol. The van der Waals surface area contributed by atoms with E-state index in [2.05, 4.69) is 64.1 Å². The summed E-state index contributed by atoms with van der Waals surface area (Å²) in [5, 5.41) is 0. The summed E-state index contributed by atoms with van der Waals surface area (Å²) in [6.45, 7) is 8.86. The predicted molar refractivity (Wildman–Crippen MR) is 117 cm³/mol. The molecular formula is C27H34O. The highest BCUT2D eigenvalue weighted by Gasteiger charge is 2.38. The monoisotopic (exact) mass is 374 g/mol. The highest BCUT2D eigenvalue weighted by molar-refractivity contribution is 5.80. The predicted octanol–water partition coefficient (Wildman–Crippen LogP) is 6.96. The summed E-state index contributed by atoms with van der Waals surface area (Å²) in [4.78, 5) is 13.3. The molecule has 0 radical (unpaired) electrons. The lowest BCUT2D eigenvalue weighted by atomic mass is 9.79. The van der Waals surface area contributed by atoms with E-state index in [4.69, 9.17) is 0 Å². The van der Waals surface area contributed by atoms with Crippen LogP contribution in [0, 0.1) is 39.5 Å². The van der Waals surface area contributed by atoms with Gasteiger partial charge in [0.1, 0.15) is 5.78 Å². The normalized spacial score (nSPS) is 18.7. The van der Waals surface area contributed by atoms with E-state index in [0.717, 1.165) is 12.8 Å². The summed E-state index contributed by atoms with van der Waals surface area (Å²) in [5.74, 6) is 2.74. The number of hydrogen-bond donors (Lipinski definition) is 0. The number of hydrogen-bond acceptors (Lipinski definition) is 1. The standard InChI is InChI=1S/C27H34O/c1-17-7-5-8-18(2)26(17)24(21-11-12-21)15-23(28)16-25(22-13-14-22)27-19(3)9-6-10-20(27)4/h5-10,21-22,24-25H,11-16H2,1-4H3/t24-,25-/m0/s1. The first-order valence-electron chi connectivity index (χ1n) is 11.1. The van der Waals surface area contributed by atoms with Crippen LogP contribution in [0.15, 0.2) is 36.4 Å². The quantitative estimate of drug-likeness (QED) is 0.488. The van der Waals surface area contributed by atoms with Crippen molar-refractivity contribution in [2.24, 2.45) is 11.8 Å². The summed E-state index contributed by atoms with van der Waals surface area (Å²) in [6, 6.07) is 13.1. The average Bonchev–Trinajstić information content (AvgIpc) is 3.53. The SMILES string of the molecule is Cc1cccc(C)c1[C@@H](CC(=O)C[C@H](c1c(C)cccc1C)C1CC1)C1CC1. The second-order valence-electron chi connectivity index (χ2n) is 9.45. The van der Waals surface area contributed by atoms with Crippen LogP contribution in [-0.2, 0) is 4.79 Å². The Bertz CT molecular complexity index is 758. The Labute approximate surface area is 170 Å². The van der Waals surface area contributed by atoms with Crippen molar-refractivity contribution < 1.29 is 4.79 Å². The minimum Gasteiger partial charge on any atom is -0.300 e. The minimum atomic E-state index is 0.423. The molecule has 0 unspecified atom stereocenters. The summed E-state index contributed by atoms with van der Waals surface area (Å²) < 4.78 is 0. The Morgan fingerprint density at radius 3 is 1.32 bits per heavy atom. The van der Waals surface area contributed by atoms with Crippen LogP contribution in [0.4, 0.5) is 0 Å². The van der Waals surface area contributed by atoms with Gasteiger partial charge in [0.15, 0.2) is 0 Å². The number of carbonyl (C=O) groups is 1. The highest BCUT2D eigenvalue weighted by Crippen LogP contribution is 2.49. The first-order chi connectivity index (χ1) is 13.5. The molecule has 0 aliphatic heterocycles. The van der Waals surface area contributed by atoms with E-state index in [9.17, 15) is 4.79 Å². The van der Waals surface area contributed by atoms with Crippen LogP contribution in [-0.4, -0.2) is 5.78 Å². The fourth-order valence-corrected chi connectivity index (χ4v) is 5.40. The number of rotatable bonds is 8. The first kappa shape index (κ1) is 19.4. The van der Waals surface area contributed by atoms with Gasteiger partial charge in [-0.15, -0.1) is 0 Å². The van der Waals surface area contributed by atoms with Crippen molar-refractivity contribution in [1.29, 1.82) is 0 Å². The van der Waals surface area contributed by atoms with E-state index in [1.807, 2.05) is 0 Å². The molecule has 28 heavy (non-hydrogen) atoms. The zero-order chi connectivity index (χ0) is 19.8. The Morgan fingerprint density at radius 1 is 0.714 bits per heavy atom. The van der Waals surface area contributed by atoms with E-state index in [0.29, 0.717) is 29.5 Å². The van der Waals surface area contributed by atoms with Gasteiger partial charge in [0.25, 0.3) is 0 Å². The number of carbonyl (C=O) groups excluding carboxylic acids is 1. The Balaban J connectivity index is 1.55. The van der Waals surface area contributed by atoms with Crippen molar-refractivity contribution >= 4 is 5.78 Å². The Morgan fingerprint density at radius 2 is 1.04 bits per heavy atom. The van der Waals surface area contributed by atoms with Crippen molar-refractivity contribution in [3.63, 3.8) is 0 Å². The van der Waals surface area contributed by atoms with Gasteiger partial charge in [-0.2, -0.15) is 0 Å². The number of Topliss-reactive ketones (excluding diaryl/α,β-unsaturated/α-hetero) is 1. The van der Waals surface area contributed by atoms with Crippen LogP contribution in [0.2, 0.25) is 0 Å². The van der Waals surface area contributed by atoms with Gasteiger partial charge < -0.3 is 0 Å². The summed E-state index contributed by atoms with van der Waals surface area (Å²) >= 11 is 0. The van der Waals surface area contributed by atoms with Gasteiger partial charge in [-0.05, 0) is 110 Å². The molecule has 2 aromatic rings. The van der Waals surface area contributed by atoms with Crippen molar-refractivity contribution in [3.8, 4) is 0 Å². The Kier molecular flexibility index (Phi) is 5.45. The van der Waals surface area contributed by atoms with E-state index in [1.54, 1.807) is 0 Å². The molecule has 2 atom stereocenters. The third-order valence-corrected chi connectivity index (χ3v) is 7.10. The highest BCUT2D eigenvalue weighted by atomic mass is 16.1. The number of aryl methyl sites for hydroxylation is 4.